The van der Waals surface area contributed by atoms with Gasteiger partial charge in [0.25, 0.3) is 0 Å². The van der Waals surface area contributed by atoms with Crippen LogP contribution in [0.5, 0.6) is 0 Å². The van der Waals surface area contributed by atoms with Crippen molar-refractivity contribution >= 4 is 35.8 Å². The number of hydrogen-bond acceptors (Lipinski definition) is 4. The maximum Gasteiger partial charge on any atom is 0.191 e. The number of likely N-dealkylation sites (N-methyl/N-ethyl adjacent to an activating group) is 1. The predicted molar refractivity (Wildman–Crippen MR) is 138 cm³/mol. The molecule has 170 valence electrons. The lowest BCUT2D eigenvalue weighted by atomic mass is 9.80. The molecule has 1 aromatic heterocycles. The first-order valence-corrected chi connectivity index (χ1v) is 11.5. The first-order chi connectivity index (χ1) is 14.0. The van der Waals surface area contributed by atoms with E-state index in [1.807, 2.05) is 6.20 Å². The molecule has 2 N–H and O–H groups in total. The molecule has 0 amide bonds. The van der Waals surface area contributed by atoms with Crippen LogP contribution in [0.3, 0.4) is 0 Å². The maximum atomic E-state index is 4.82. The largest absolute Gasteiger partial charge is 0.357 e. The molecule has 0 spiro atoms. The number of rotatable bonds is 6. The Morgan fingerprint density at radius 3 is 2.40 bits per heavy atom. The van der Waals surface area contributed by atoms with Gasteiger partial charge >= 0.3 is 0 Å². The minimum absolute atomic E-state index is 0. The Kier molecular flexibility index (Phi) is 10.6. The SMILES string of the molecule is CCNC(=NCc1ccc(N2CCN(C)CC2)nc1)NC1CCC(C(C)C)CC1.I. The molecule has 2 heterocycles. The number of hydrogen-bond donors (Lipinski definition) is 2. The summed E-state index contributed by atoms with van der Waals surface area (Å²) in [4.78, 5) is 14.2. The summed E-state index contributed by atoms with van der Waals surface area (Å²) >= 11 is 0. The van der Waals surface area contributed by atoms with Gasteiger partial charge in [-0.1, -0.05) is 19.9 Å². The van der Waals surface area contributed by atoms with E-state index in [0.29, 0.717) is 12.6 Å². The van der Waals surface area contributed by atoms with E-state index < -0.39 is 0 Å². The summed E-state index contributed by atoms with van der Waals surface area (Å²) in [5.74, 6) is 3.71. The van der Waals surface area contributed by atoms with E-state index in [-0.39, 0.29) is 24.0 Å². The Labute approximate surface area is 200 Å². The minimum atomic E-state index is 0. The zero-order valence-corrected chi connectivity index (χ0v) is 21.6. The number of aliphatic imine (C=N–C) groups is 1. The van der Waals surface area contributed by atoms with E-state index in [9.17, 15) is 0 Å². The van der Waals surface area contributed by atoms with Crippen molar-refractivity contribution in [3.05, 3.63) is 23.9 Å². The molecule has 6 nitrogen and oxygen atoms in total. The lowest BCUT2D eigenvalue weighted by molar-refractivity contribution is 0.250. The molecule has 2 aliphatic rings. The summed E-state index contributed by atoms with van der Waals surface area (Å²) < 4.78 is 0. The van der Waals surface area contributed by atoms with Gasteiger partial charge in [0, 0.05) is 45.0 Å². The molecule has 1 aliphatic heterocycles. The van der Waals surface area contributed by atoms with Crippen LogP contribution in [0.25, 0.3) is 0 Å². The molecule has 0 radical (unpaired) electrons. The molecule has 0 unspecified atom stereocenters. The van der Waals surface area contributed by atoms with Crippen molar-refractivity contribution in [1.82, 2.24) is 20.5 Å². The van der Waals surface area contributed by atoms with Crippen molar-refractivity contribution in [1.29, 1.82) is 0 Å². The Bertz CT molecular complexity index is 632. The number of halogens is 1. The number of pyridine rings is 1. The van der Waals surface area contributed by atoms with Gasteiger partial charge in [-0.15, -0.1) is 24.0 Å². The van der Waals surface area contributed by atoms with E-state index in [1.165, 1.54) is 25.7 Å². The van der Waals surface area contributed by atoms with E-state index >= 15 is 0 Å². The van der Waals surface area contributed by atoms with Gasteiger partial charge in [-0.05, 0) is 63.1 Å². The van der Waals surface area contributed by atoms with Gasteiger partial charge < -0.3 is 20.4 Å². The van der Waals surface area contributed by atoms with Gasteiger partial charge in [0.1, 0.15) is 5.82 Å². The number of anilines is 1. The molecule has 2 fully saturated rings. The number of piperazine rings is 1. The van der Waals surface area contributed by atoms with Gasteiger partial charge in [0.15, 0.2) is 5.96 Å². The Morgan fingerprint density at radius 1 is 1.13 bits per heavy atom. The molecule has 30 heavy (non-hydrogen) atoms. The molecular formula is C23H41IN6. The van der Waals surface area contributed by atoms with Crippen molar-refractivity contribution in [2.24, 2.45) is 16.8 Å². The van der Waals surface area contributed by atoms with E-state index in [1.54, 1.807) is 0 Å². The first-order valence-electron chi connectivity index (χ1n) is 11.5. The molecule has 1 saturated carbocycles. The van der Waals surface area contributed by atoms with Crippen LogP contribution >= 0.6 is 24.0 Å². The van der Waals surface area contributed by atoms with Crippen molar-refractivity contribution < 1.29 is 0 Å². The lowest BCUT2D eigenvalue weighted by Gasteiger charge is -2.33. The lowest BCUT2D eigenvalue weighted by Crippen LogP contribution is -2.45. The average molecular weight is 529 g/mol. The molecule has 3 rings (SSSR count). The Hall–Kier alpha value is -1.09. The van der Waals surface area contributed by atoms with Crippen LogP contribution in [0.1, 0.15) is 52.0 Å². The number of aromatic nitrogens is 1. The predicted octanol–water partition coefficient (Wildman–Crippen LogP) is 3.72. The van der Waals surface area contributed by atoms with Crippen LogP contribution in [-0.2, 0) is 6.54 Å². The van der Waals surface area contributed by atoms with Crippen LogP contribution in [-0.4, -0.2) is 61.7 Å². The Morgan fingerprint density at radius 2 is 1.83 bits per heavy atom. The second kappa shape index (κ2) is 12.7. The molecule has 1 saturated heterocycles. The highest BCUT2D eigenvalue weighted by molar-refractivity contribution is 14.0. The normalized spacial score (nSPS) is 23.2. The highest BCUT2D eigenvalue weighted by atomic mass is 127. The minimum Gasteiger partial charge on any atom is -0.357 e. The van der Waals surface area contributed by atoms with E-state index in [2.05, 4.69) is 65.4 Å². The number of guanidine groups is 1. The quantitative estimate of drug-likeness (QED) is 0.335. The van der Waals surface area contributed by atoms with Crippen molar-refractivity contribution in [2.45, 2.75) is 59.0 Å². The molecule has 1 aromatic rings. The summed E-state index contributed by atoms with van der Waals surface area (Å²) in [6, 6.07) is 4.85. The maximum absolute atomic E-state index is 4.82. The highest BCUT2D eigenvalue weighted by Crippen LogP contribution is 2.29. The van der Waals surface area contributed by atoms with E-state index in [0.717, 1.165) is 61.9 Å². The van der Waals surface area contributed by atoms with E-state index in [4.69, 9.17) is 4.99 Å². The fraction of sp³-hybridized carbons (Fsp3) is 0.739. The monoisotopic (exact) mass is 528 g/mol. The zero-order chi connectivity index (χ0) is 20.6. The van der Waals surface area contributed by atoms with Gasteiger partial charge in [-0.3, -0.25) is 0 Å². The topological polar surface area (TPSA) is 55.8 Å². The summed E-state index contributed by atoms with van der Waals surface area (Å²) in [7, 11) is 2.18. The smallest absolute Gasteiger partial charge is 0.191 e. The number of nitrogens with zero attached hydrogens (tertiary/aromatic N) is 4. The summed E-state index contributed by atoms with van der Waals surface area (Å²) in [6.45, 7) is 12.7. The fourth-order valence-corrected chi connectivity index (χ4v) is 4.35. The molecule has 0 aromatic carbocycles. The summed E-state index contributed by atoms with van der Waals surface area (Å²) in [5.41, 5.74) is 1.16. The third-order valence-electron chi connectivity index (χ3n) is 6.46. The van der Waals surface area contributed by atoms with Crippen molar-refractivity contribution in [2.75, 3.05) is 44.7 Å². The molecule has 7 heteroatoms. The van der Waals surface area contributed by atoms with Crippen LogP contribution < -0.4 is 15.5 Å². The summed E-state index contributed by atoms with van der Waals surface area (Å²) in [5, 5.41) is 7.07. The molecule has 1 aliphatic carbocycles. The third kappa shape index (κ3) is 7.55. The van der Waals surface area contributed by atoms with Gasteiger partial charge in [0.05, 0.1) is 6.54 Å². The number of nitrogens with one attached hydrogen (secondary N) is 2. The van der Waals surface area contributed by atoms with Gasteiger partial charge in [-0.25, -0.2) is 9.98 Å². The van der Waals surface area contributed by atoms with Crippen LogP contribution in [0.2, 0.25) is 0 Å². The molecule has 0 atom stereocenters. The second-order valence-corrected chi connectivity index (χ2v) is 9.01. The van der Waals surface area contributed by atoms with Crippen molar-refractivity contribution in [3.63, 3.8) is 0 Å². The van der Waals surface area contributed by atoms with Crippen LogP contribution in [0.15, 0.2) is 23.3 Å². The first kappa shape index (κ1) is 25.2. The molecular weight excluding hydrogens is 487 g/mol. The van der Waals surface area contributed by atoms with Crippen molar-refractivity contribution in [3.8, 4) is 0 Å². The Balaban J connectivity index is 0.00000320. The van der Waals surface area contributed by atoms with Gasteiger partial charge in [0.2, 0.25) is 0 Å². The zero-order valence-electron chi connectivity index (χ0n) is 19.2. The standard InChI is InChI=1S/C23H40N6.HI/c1-5-24-23(27-21-9-7-20(8-10-21)18(2)3)26-17-19-6-11-22(25-16-19)29-14-12-28(4)13-15-29;/h6,11,16,18,20-21H,5,7-10,12-15,17H2,1-4H3,(H2,24,26,27);1H. The average Bonchev–Trinajstić information content (AvgIpc) is 2.73. The van der Waals surface area contributed by atoms with Crippen LogP contribution in [0, 0.1) is 11.8 Å². The second-order valence-electron chi connectivity index (χ2n) is 9.01. The van der Waals surface area contributed by atoms with Crippen LogP contribution in [0.4, 0.5) is 5.82 Å². The summed E-state index contributed by atoms with van der Waals surface area (Å²) in [6.07, 6.45) is 7.12. The third-order valence-corrected chi connectivity index (χ3v) is 6.46. The molecule has 0 bridgehead atoms. The van der Waals surface area contributed by atoms with Gasteiger partial charge in [-0.2, -0.15) is 0 Å². The highest BCUT2D eigenvalue weighted by Gasteiger charge is 2.23. The fourth-order valence-electron chi connectivity index (χ4n) is 4.35.